The molecule has 2 nitrogen and oxygen atoms in total. The average molecular weight is 148 g/mol. The van der Waals surface area contributed by atoms with Crippen molar-refractivity contribution in [2.45, 2.75) is 19.9 Å². The number of hydrogen-bond donors (Lipinski definition) is 2. The summed E-state index contributed by atoms with van der Waals surface area (Å²) >= 11 is 0. The lowest BCUT2D eigenvalue weighted by molar-refractivity contribution is 0.735. The molecular formula is C6H20N2Si. The van der Waals surface area contributed by atoms with Gasteiger partial charge in [0.15, 0.2) is 0 Å². The van der Waals surface area contributed by atoms with Gasteiger partial charge in [0.05, 0.1) is 0 Å². The Kier molecular flexibility index (Phi) is 14.5. The maximum absolute atomic E-state index is 4.90. The fourth-order valence-corrected chi connectivity index (χ4v) is 0. The summed E-state index contributed by atoms with van der Waals surface area (Å²) in [5.74, 6) is 0.946. The van der Waals surface area contributed by atoms with Gasteiger partial charge in [0.25, 0.3) is 0 Å². The molecule has 0 aromatic carbocycles. The van der Waals surface area contributed by atoms with Gasteiger partial charge in [-0.2, -0.15) is 0 Å². The molecule has 0 amide bonds. The van der Waals surface area contributed by atoms with Gasteiger partial charge in [-0.05, 0) is 0 Å². The van der Waals surface area contributed by atoms with Crippen molar-refractivity contribution >= 4 is 10.2 Å². The quantitative estimate of drug-likeness (QED) is 0.510. The van der Waals surface area contributed by atoms with Gasteiger partial charge in [-0.25, -0.2) is 0 Å². The first-order valence-corrected chi connectivity index (χ1v) is 5.00. The standard InChI is InChI=1S/C4H12Si.C2H8N2/c1-4(2)3-5;3-1-2-4/h4H,3H2,1-2,5H3;1-4H2. The summed E-state index contributed by atoms with van der Waals surface area (Å²) in [7, 11) is 1.37. The molecule has 0 unspecified atom stereocenters. The Hall–Kier alpha value is 0.137. The van der Waals surface area contributed by atoms with Crippen molar-refractivity contribution in [1.82, 2.24) is 0 Å². The molecule has 0 fully saturated rings. The van der Waals surface area contributed by atoms with Crippen LogP contribution < -0.4 is 11.5 Å². The molecule has 0 saturated carbocycles. The summed E-state index contributed by atoms with van der Waals surface area (Å²) in [4.78, 5) is 0. The lowest BCUT2D eigenvalue weighted by Crippen LogP contribution is -2.11. The molecule has 0 aliphatic carbocycles. The van der Waals surface area contributed by atoms with Crippen LogP contribution in [0.15, 0.2) is 0 Å². The molecule has 9 heavy (non-hydrogen) atoms. The highest BCUT2D eigenvalue weighted by Gasteiger charge is 1.80. The molecule has 58 valence electrons. The molecule has 0 spiro atoms. The van der Waals surface area contributed by atoms with E-state index in [4.69, 9.17) is 11.5 Å². The van der Waals surface area contributed by atoms with E-state index in [0.29, 0.717) is 13.1 Å². The molecule has 0 aromatic heterocycles. The van der Waals surface area contributed by atoms with E-state index in [0.717, 1.165) is 5.92 Å². The van der Waals surface area contributed by atoms with Gasteiger partial charge in [0.1, 0.15) is 0 Å². The minimum atomic E-state index is 0.597. The zero-order valence-electron chi connectivity index (χ0n) is 6.85. The molecule has 0 radical (unpaired) electrons. The molecule has 0 aliphatic rings. The SMILES string of the molecule is CC(C)C[SiH3].NCCN. The second-order valence-electron chi connectivity index (χ2n) is 2.38. The highest BCUT2D eigenvalue weighted by molar-refractivity contribution is 6.08. The summed E-state index contributed by atoms with van der Waals surface area (Å²) in [6, 6.07) is 1.44. The Balaban J connectivity index is 0. The van der Waals surface area contributed by atoms with Crippen molar-refractivity contribution in [1.29, 1.82) is 0 Å². The predicted molar refractivity (Wildman–Crippen MR) is 47.7 cm³/mol. The first-order chi connectivity index (χ1) is 4.18. The molecule has 0 rings (SSSR count). The van der Waals surface area contributed by atoms with Crippen LogP contribution in [0.4, 0.5) is 0 Å². The van der Waals surface area contributed by atoms with Crippen molar-refractivity contribution in [2.24, 2.45) is 17.4 Å². The first kappa shape index (κ1) is 11.9. The van der Waals surface area contributed by atoms with Crippen LogP contribution in [0, 0.1) is 5.92 Å². The number of rotatable bonds is 2. The summed E-state index contributed by atoms with van der Waals surface area (Å²) < 4.78 is 0. The fraction of sp³-hybridized carbons (Fsp3) is 1.00. The van der Waals surface area contributed by atoms with E-state index in [1.807, 2.05) is 0 Å². The molecule has 0 aliphatic heterocycles. The van der Waals surface area contributed by atoms with Gasteiger partial charge in [-0.15, -0.1) is 0 Å². The van der Waals surface area contributed by atoms with Gasteiger partial charge >= 0.3 is 0 Å². The van der Waals surface area contributed by atoms with E-state index in [2.05, 4.69) is 13.8 Å². The molecule has 3 heteroatoms. The van der Waals surface area contributed by atoms with Gasteiger partial charge < -0.3 is 11.5 Å². The highest BCUT2D eigenvalue weighted by Crippen LogP contribution is 1.92. The molecule has 0 heterocycles. The zero-order chi connectivity index (χ0) is 7.70. The largest absolute Gasteiger partial charge is 0.329 e. The Morgan fingerprint density at radius 1 is 1.22 bits per heavy atom. The van der Waals surface area contributed by atoms with Crippen LogP contribution in [-0.2, 0) is 0 Å². The van der Waals surface area contributed by atoms with Gasteiger partial charge in [0.2, 0.25) is 0 Å². The van der Waals surface area contributed by atoms with Crippen molar-refractivity contribution < 1.29 is 0 Å². The van der Waals surface area contributed by atoms with Crippen LogP contribution in [0.2, 0.25) is 6.04 Å². The molecule has 0 aromatic rings. The Morgan fingerprint density at radius 2 is 1.44 bits per heavy atom. The normalized spacial score (nSPS) is 9.00. The van der Waals surface area contributed by atoms with Gasteiger partial charge in [0, 0.05) is 23.3 Å². The molecule has 0 saturated heterocycles. The summed E-state index contributed by atoms with van der Waals surface area (Å²) in [6.45, 7) is 5.71. The Labute approximate surface area is 61.4 Å². The van der Waals surface area contributed by atoms with E-state index in [9.17, 15) is 0 Å². The van der Waals surface area contributed by atoms with Crippen LogP contribution in [0.25, 0.3) is 0 Å². The van der Waals surface area contributed by atoms with Gasteiger partial charge in [-0.3, -0.25) is 0 Å². The third kappa shape index (κ3) is 31.1. The van der Waals surface area contributed by atoms with E-state index in [1.165, 1.54) is 16.3 Å². The number of nitrogens with two attached hydrogens (primary N) is 2. The lowest BCUT2D eigenvalue weighted by atomic mass is 10.3. The van der Waals surface area contributed by atoms with Gasteiger partial charge in [-0.1, -0.05) is 25.8 Å². The Morgan fingerprint density at radius 3 is 1.44 bits per heavy atom. The third-order valence-corrected chi connectivity index (χ3v) is 2.62. The summed E-state index contributed by atoms with van der Waals surface area (Å²) in [6.07, 6.45) is 0. The van der Waals surface area contributed by atoms with Crippen LogP contribution in [-0.4, -0.2) is 23.3 Å². The average Bonchev–Trinajstić information content (AvgIpc) is 1.89. The fourth-order valence-electron chi connectivity index (χ4n) is 0. The van der Waals surface area contributed by atoms with Crippen LogP contribution in [0.3, 0.4) is 0 Å². The number of hydrogen-bond acceptors (Lipinski definition) is 2. The molecular weight excluding hydrogens is 128 g/mol. The van der Waals surface area contributed by atoms with Crippen LogP contribution in [0.5, 0.6) is 0 Å². The van der Waals surface area contributed by atoms with E-state index in [1.54, 1.807) is 0 Å². The highest BCUT2D eigenvalue weighted by atomic mass is 28.1. The van der Waals surface area contributed by atoms with Crippen LogP contribution >= 0.6 is 0 Å². The van der Waals surface area contributed by atoms with Crippen molar-refractivity contribution in [3.63, 3.8) is 0 Å². The van der Waals surface area contributed by atoms with Crippen molar-refractivity contribution in [3.05, 3.63) is 0 Å². The first-order valence-electron chi connectivity index (χ1n) is 3.59. The summed E-state index contributed by atoms with van der Waals surface area (Å²) in [5, 5.41) is 0. The van der Waals surface area contributed by atoms with E-state index in [-0.39, 0.29) is 0 Å². The van der Waals surface area contributed by atoms with Crippen molar-refractivity contribution in [3.8, 4) is 0 Å². The van der Waals surface area contributed by atoms with Crippen LogP contribution in [0.1, 0.15) is 13.8 Å². The van der Waals surface area contributed by atoms with Crippen molar-refractivity contribution in [2.75, 3.05) is 13.1 Å². The molecule has 0 atom stereocenters. The maximum Gasteiger partial charge on any atom is 0.00461 e. The third-order valence-electron chi connectivity index (χ3n) is 0.983. The topological polar surface area (TPSA) is 52.0 Å². The Bertz CT molecular complexity index is 38.0. The molecule has 0 bridgehead atoms. The van der Waals surface area contributed by atoms with E-state index >= 15 is 0 Å². The maximum atomic E-state index is 4.90. The minimum Gasteiger partial charge on any atom is -0.329 e. The minimum absolute atomic E-state index is 0.597. The second-order valence-corrected chi connectivity index (χ2v) is 3.20. The lowest BCUT2D eigenvalue weighted by Gasteiger charge is -1.90. The van der Waals surface area contributed by atoms with E-state index < -0.39 is 0 Å². The zero-order valence-corrected chi connectivity index (χ0v) is 8.85. The summed E-state index contributed by atoms with van der Waals surface area (Å²) in [5.41, 5.74) is 9.81. The predicted octanol–water partition coefficient (Wildman–Crippen LogP) is -0.670. The smallest absolute Gasteiger partial charge is 0.00461 e. The molecule has 4 N–H and O–H groups in total. The second kappa shape index (κ2) is 11.0. The monoisotopic (exact) mass is 148 g/mol.